The van der Waals surface area contributed by atoms with E-state index in [0.29, 0.717) is 24.7 Å². The van der Waals surface area contributed by atoms with Gasteiger partial charge in [-0.3, -0.25) is 0 Å². The molecule has 0 aliphatic carbocycles. The van der Waals surface area contributed by atoms with Crippen LogP contribution in [-0.4, -0.2) is 13.2 Å². The third-order valence-electron chi connectivity index (χ3n) is 2.71. The molecule has 94 valence electrons. The second-order valence-electron chi connectivity index (χ2n) is 3.98. The largest absolute Gasteiger partial charge is 0.486 e. The zero-order valence-electron chi connectivity index (χ0n) is 9.93. The average molecular weight is 263 g/mol. The number of aryl methyl sites for hydroxylation is 1. The summed E-state index contributed by atoms with van der Waals surface area (Å²) in [5.41, 5.74) is 6.71. The number of fused-ring (bicyclic) bond motifs is 1. The molecule has 2 heterocycles. The summed E-state index contributed by atoms with van der Waals surface area (Å²) in [4.78, 5) is 2.00. The molecule has 0 spiro atoms. The Bertz CT molecular complexity index is 580. The molecule has 5 heteroatoms. The van der Waals surface area contributed by atoms with Gasteiger partial charge >= 0.3 is 0 Å². The van der Waals surface area contributed by atoms with Crippen LogP contribution in [0.3, 0.4) is 0 Å². The first-order valence-corrected chi connectivity index (χ1v) is 6.47. The van der Waals surface area contributed by atoms with Gasteiger partial charge in [-0.15, -0.1) is 0 Å². The van der Waals surface area contributed by atoms with Crippen LogP contribution >= 0.6 is 11.8 Å². The Balaban J connectivity index is 1.95. The minimum Gasteiger partial charge on any atom is -0.486 e. The summed E-state index contributed by atoms with van der Waals surface area (Å²) in [7, 11) is 0. The Morgan fingerprint density at radius 3 is 2.50 bits per heavy atom. The van der Waals surface area contributed by atoms with Gasteiger partial charge in [0.05, 0.1) is 11.2 Å². The number of benzene rings is 1. The minimum absolute atomic E-state index is 0.569. The monoisotopic (exact) mass is 263 g/mol. The normalized spacial score (nSPS) is 13.6. The van der Waals surface area contributed by atoms with E-state index >= 15 is 0 Å². The number of nitrogens with two attached hydrogens (primary N) is 1. The first-order chi connectivity index (χ1) is 8.74. The third kappa shape index (κ3) is 2.01. The summed E-state index contributed by atoms with van der Waals surface area (Å²) in [5, 5.41) is 0. The van der Waals surface area contributed by atoms with E-state index in [4.69, 9.17) is 19.6 Å². The molecule has 1 aromatic heterocycles. The number of ether oxygens (including phenoxy) is 2. The predicted octanol–water partition coefficient (Wildman–Crippen LogP) is 3.09. The van der Waals surface area contributed by atoms with Crippen molar-refractivity contribution in [3.05, 3.63) is 30.2 Å². The van der Waals surface area contributed by atoms with Crippen molar-refractivity contribution in [3.8, 4) is 11.5 Å². The number of nitrogen functional groups attached to an aromatic ring is 1. The highest BCUT2D eigenvalue weighted by atomic mass is 32.2. The quantitative estimate of drug-likeness (QED) is 0.844. The molecule has 1 aromatic carbocycles. The number of anilines is 1. The van der Waals surface area contributed by atoms with Crippen molar-refractivity contribution in [2.75, 3.05) is 18.9 Å². The molecule has 2 aromatic rings. The van der Waals surface area contributed by atoms with Gasteiger partial charge in [0.15, 0.2) is 11.5 Å². The summed E-state index contributed by atoms with van der Waals surface area (Å²) in [6.07, 6.45) is 1.67. The van der Waals surface area contributed by atoms with Crippen LogP contribution in [0.2, 0.25) is 0 Å². The molecule has 0 fully saturated rings. The molecule has 0 amide bonds. The molecular formula is C13H13NO3S. The van der Waals surface area contributed by atoms with Crippen molar-refractivity contribution >= 4 is 17.4 Å². The van der Waals surface area contributed by atoms with E-state index in [1.165, 1.54) is 0 Å². The van der Waals surface area contributed by atoms with E-state index in [9.17, 15) is 0 Å². The summed E-state index contributed by atoms with van der Waals surface area (Å²) >= 11 is 1.57. The lowest BCUT2D eigenvalue weighted by atomic mass is 10.2. The number of hydrogen-bond donors (Lipinski definition) is 1. The number of rotatable bonds is 2. The molecule has 0 bridgehead atoms. The SMILES string of the molecule is Cc1occc1Sc1cc2c(cc1N)OCCO2. The maximum atomic E-state index is 6.02. The van der Waals surface area contributed by atoms with Gasteiger partial charge in [0.25, 0.3) is 0 Å². The summed E-state index contributed by atoms with van der Waals surface area (Å²) < 4.78 is 16.3. The fourth-order valence-electron chi connectivity index (χ4n) is 1.77. The maximum absolute atomic E-state index is 6.02. The Morgan fingerprint density at radius 1 is 1.11 bits per heavy atom. The van der Waals surface area contributed by atoms with Crippen molar-refractivity contribution in [1.29, 1.82) is 0 Å². The highest BCUT2D eigenvalue weighted by molar-refractivity contribution is 7.99. The van der Waals surface area contributed by atoms with E-state index in [1.54, 1.807) is 18.0 Å². The van der Waals surface area contributed by atoms with Crippen molar-refractivity contribution in [1.82, 2.24) is 0 Å². The fraction of sp³-hybridized carbons (Fsp3) is 0.231. The van der Waals surface area contributed by atoms with Gasteiger partial charge < -0.3 is 19.6 Å². The molecule has 0 radical (unpaired) electrons. The second-order valence-corrected chi connectivity index (χ2v) is 5.06. The molecule has 2 N–H and O–H groups in total. The minimum atomic E-state index is 0.569. The summed E-state index contributed by atoms with van der Waals surface area (Å²) in [6, 6.07) is 5.66. The molecule has 0 atom stereocenters. The van der Waals surface area contributed by atoms with Crippen molar-refractivity contribution in [2.24, 2.45) is 0 Å². The lowest BCUT2D eigenvalue weighted by molar-refractivity contribution is 0.171. The van der Waals surface area contributed by atoms with Gasteiger partial charge in [0, 0.05) is 22.7 Å². The second kappa shape index (κ2) is 4.49. The van der Waals surface area contributed by atoms with Gasteiger partial charge in [0.1, 0.15) is 19.0 Å². The maximum Gasteiger partial charge on any atom is 0.163 e. The number of furan rings is 1. The zero-order chi connectivity index (χ0) is 12.5. The molecule has 3 rings (SSSR count). The molecular weight excluding hydrogens is 250 g/mol. The Kier molecular flexibility index (Phi) is 2.83. The van der Waals surface area contributed by atoms with Crippen LogP contribution in [0.15, 0.2) is 38.7 Å². The topological polar surface area (TPSA) is 57.6 Å². The van der Waals surface area contributed by atoms with Gasteiger partial charge in [-0.05, 0) is 13.0 Å². The van der Waals surface area contributed by atoms with Crippen molar-refractivity contribution in [3.63, 3.8) is 0 Å². The standard InChI is InChI=1S/C13H13NO3S/c1-8-12(2-3-15-8)18-13-7-11-10(6-9(13)14)16-4-5-17-11/h2-3,6-7H,4-5,14H2,1H3. The lowest BCUT2D eigenvalue weighted by Crippen LogP contribution is -2.15. The van der Waals surface area contributed by atoms with Gasteiger partial charge in [0.2, 0.25) is 0 Å². The molecule has 1 aliphatic heterocycles. The highest BCUT2D eigenvalue weighted by Gasteiger charge is 2.16. The van der Waals surface area contributed by atoms with Gasteiger partial charge in [-0.2, -0.15) is 0 Å². The van der Waals surface area contributed by atoms with Crippen molar-refractivity contribution < 1.29 is 13.9 Å². The highest BCUT2D eigenvalue weighted by Crippen LogP contribution is 2.41. The lowest BCUT2D eigenvalue weighted by Gasteiger charge is -2.19. The predicted molar refractivity (Wildman–Crippen MR) is 69.4 cm³/mol. The van der Waals surface area contributed by atoms with Crippen LogP contribution < -0.4 is 15.2 Å². The first kappa shape index (κ1) is 11.3. The van der Waals surface area contributed by atoms with Crippen LogP contribution in [0, 0.1) is 6.92 Å². The first-order valence-electron chi connectivity index (χ1n) is 5.65. The average Bonchev–Trinajstić information content (AvgIpc) is 2.76. The Hall–Kier alpha value is -1.75. The van der Waals surface area contributed by atoms with Crippen LogP contribution in [0.5, 0.6) is 11.5 Å². The molecule has 1 aliphatic rings. The Labute approximate surface area is 109 Å². The van der Waals surface area contributed by atoms with Gasteiger partial charge in [-0.25, -0.2) is 0 Å². The fourth-order valence-corrected chi connectivity index (χ4v) is 2.67. The van der Waals surface area contributed by atoms with Crippen LogP contribution in [0.1, 0.15) is 5.76 Å². The molecule has 0 saturated heterocycles. The van der Waals surface area contributed by atoms with Crippen LogP contribution in [-0.2, 0) is 0 Å². The smallest absolute Gasteiger partial charge is 0.163 e. The van der Waals surface area contributed by atoms with Crippen molar-refractivity contribution in [2.45, 2.75) is 16.7 Å². The Morgan fingerprint density at radius 2 is 1.83 bits per heavy atom. The van der Waals surface area contributed by atoms with E-state index in [2.05, 4.69) is 0 Å². The zero-order valence-corrected chi connectivity index (χ0v) is 10.8. The van der Waals surface area contributed by atoms with E-state index in [0.717, 1.165) is 21.3 Å². The summed E-state index contributed by atoms with van der Waals surface area (Å²) in [6.45, 7) is 3.07. The summed E-state index contributed by atoms with van der Waals surface area (Å²) in [5.74, 6) is 2.35. The third-order valence-corrected chi connectivity index (χ3v) is 3.92. The van der Waals surface area contributed by atoms with E-state index in [-0.39, 0.29) is 0 Å². The van der Waals surface area contributed by atoms with Crippen LogP contribution in [0.25, 0.3) is 0 Å². The van der Waals surface area contributed by atoms with E-state index < -0.39 is 0 Å². The van der Waals surface area contributed by atoms with Gasteiger partial charge in [-0.1, -0.05) is 11.8 Å². The van der Waals surface area contributed by atoms with E-state index in [1.807, 2.05) is 25.1 Å². The molecule has 18 heavy (non-hydrogen) atoms. The molecule has 0 saturated carbocycles. The molecule has 4 nitrogen and oxygen atoms in total. The molecule has 0 unspecified atom stereocenters. The van der Waals surface area contributed by atoms with Crippen LogP contribution in [0.4, 0.5) is 5.69 Å². The number of hydrogen-bond acceptors (Lipinski definition) is 5.